The van der Waals surface area contributed by atoms with Crippen LogP contribution in [0, 0.1) is 13.8 Å². The normalized spacial score (nSPS) is 12.1. The van der Waals surface area contributed by atoms with Gasteiger partial charge >= 0.3 is 0 Å². The number of ether oxygens (including phenoxy) is 1. The van der Waals surface area contributed by atoms with Crippen molar-refractivity contribution in [1.29, 1.82) is 0 Å². The second-order valence-corrected chi connectivity index (χ2v) is 5.03. The first kappa shape index (κ1) is 14.6. The number of benzene rings is 1. The third-order valence-electron chi connectivity index (χ3n) is 3.17. The van der Waals surface area contributed by atoms with Gasteiger partial charge in [-0.3, -0.25) is 0 Å². The third kappa shape index (κ3) is 3.20. The Hall–Kier alpha value is -1.81. The Labute approximate surface area is 124 Å². The van der Waals surface area contributed by atoms with Crippen molar-refractivity contribution in [2.24, 2.45) is 0 Å². The van der Waals surface area contributed by atoms with Crippen LogP contribution < -0.4 is 10.1 Å². The van der Waals surface area contributed by atoms with E-state index in [9.17, 15) is 0 Å². The molecule has 2 aromatic rings. The summed E-state index contributed by atoms with van der Waals surface area (Å²) < 4.78 is 5.16. The molecule has 1 unspecified atom stereocenters. The molecular formula is C15H18ClN3O. The number of aromatic nitrogens is 2. The number of nitrogens with zero attached hydrogens (tertiary/aromatic N) is 2. The number of hydrogen-bond donors (Lipinski definition) is 1. The molecule has 0 aliphatic heterocycles. The van der Waals surface area contributed by atoms with Crippen molar-refractivity contribution in [1.82, 2.24) is 9.97 Å². The van der Waals surface area contributed by atoms with Crippen molar-refractivity contribution in [3.63, 3.8) is 0 Å². The van der Waals surface area contributed by atoms with Crippen molar-refractivity contribution >= 4 is 17.4 Å². The fourth-order valence-electron chi connectivity index (χ4n) is 1.92. The summed E-state index contributed by atoms with van der Waals surface area (Å²) >= 11 is 6.08. The minimum atomic E-state index is 0.116. The van der Waals surface area contributed by atoms with Crippen LogP contribution in [0.15, 0.2) is 24.3 Å². The van der Waals surface area contributed by atoms with Gasteiger partial charge in [-0.15, -0.1) is 0 Å². The van der Waals surface area contributed by atoms with E-state index in [1.165, 1.54) is 0 Å². The van der Waals surface area contributed by atoms with Crippen LogP contribution in [0.2, 0.25) is 5.15 Å². The summed E-state index contributed by atoms with van der Waals surface area (Å²) in [4.78, 5) is 8.54. The van der Waals surface area contributed by atoms with E-state index in [1.54, 1.807) is 7.11 Å². The van der Waals surface area contributed by atoms with Crippen molar-refractivity contribution in [2.75, 3.05) is 12.4 Å². The zero-order valence-corrected chi connectivity index (χ0v) is 12.8. The molecule has 2 rings (SSSR count). The van der Waals surface area contributed by atoms with Gasteiger partial charge in [0.2, 0.25) is 0 Å². The Balaban J connectivity index is 2.20. The maximum absolute atomic E-state index is 6.08. The monoisotopic (exact) mass is 291 g/mol. The van der Waals surface area contributed by atoms with Crippen LogP contribution >= 0.6 is 11.6 Å². The van der Waals surface area contributed by atoms with E-state index in [1.807, 2.05) is 38.1 Å². The van der Waals surface area contributed by atoms with Gasteiger partial charge in [0.15, 0.2) is 0 Å². The minimum Gasteiger partial charge on any atom is -0.497 e. The van der Waals surface area contributed by atoms with Crippen molar-refractivity contribution in [3.05, 3.63) is 46.4 Å². The number of hydrogen-bond acceptors (Lipinski definition) is 4. The number of rotatable bonds is 4. The van der Waals surface area contributed by atoms with Crippen LogP contribution in [-0.2, 0) is 0 Å². The molecule has 0 aliphatic rings. The Kier molecular flexibility index (Phi) is 4.45. The summed E-state index contributed by atoms with van der Waals surface area (Å²) in [6, 6.07) is 8.06. The van der Waals surface area contributed by atoms with Crippen LogP contribution in [0.5, 0.6) is 5.75 Å². The second-order valence-electron chi connectivity index (χ2n) is 4.67. The van der Waals surface area contributed by atoms with Crippen molar-refractivity contribution < 1.29 is 4.74 Å². The van der Waals surface area contributed by atoms with Crippen LogP contribution in [0.3, 0.4) is 0 Å². The van der Waals surface area contributed by atoms with Crippen LogP contribution in [0.1, 0.15) is 29.9 Å². The van der Waals surface area contributed by atoms with Crippen LogP contribution in [0.4, 0.5) is 5.82 Å². The van der Waals surface area contributed by atoms with E-state index in [-0.39, 0.29) is 6.04 Å². The molecule has 1 N–H and O–H groups in total. The second kappa shape index (κ2) is 6.09. The van der Waals surface area contributed by atoms with Gasteiger partial charge in [0.1, 0.15) is 22.5 Å². The first-order chi connectivity index (χ1) is 9.51. The highest BCUT2D eigenvalue weighted by Gasteiger charge is 2.11. The Morgan fingerprint density at radius 1 is 1.15 bits per heavy atom. The Morgan fingerprint density at radius 2 is 1.80 bits per heavy atom. The highest BCUT2D eigenvalue weighted by Crippen LogP contribution is 2.25. The van der Waals surface area contributed by atoms with Crippen molar-refractivity contribution in [2.45, 2.75) is 26.8 Å². The quantitative estimate of drug-likeness (QED) is 0.867. The first-order valence-electron chi connectivity index (χ1n) is 6.42. The highest BCUT2D eigenvalue weighted by molar-refractivity contribution is 6.30. The van der Waals surface area contributed by atoms with Gasteiger partial charge in [-0.05, 0) is 38.5 Å². The lowest BCUT2D eigenvalue weighted by Gasteiger charge is -2.17. The molecule has 0 saturated carbocycles. The zero-order valence-electron chi connectivity index (χ0n) is 12.1. The predicted molar refractivity (Wildman–Crippen MR) is 81.5 cm³/mol. The van der Waals surface area contributed by atoms with Crippen LogP contribution in [-0.4, -0.2) is 17.1 Å². The lowest BCUT2D eigenvalue weighted by molar-refractivity contribution is 0.414. The van der Waals surface area contributed by atoms with Gasteiger partial charge in [0.25, 0.3) is 0 Å². The summed E-state index contributed by atoms with van der Waals surface area (Å²) in [5, 5.41) is 3.86. The summed E-state index contributed by atoms with van der Waals surface area (Å²) in [5.74, 6) is 2.27. The molecule has 1 aromatic heterocycles. The maximum Gasteiger partial charge on any atom is 0.137 e. The molecule has 106 valence electrons. The number of aryl methyl sites for hydroxylation is 1. The highest BCUT2D eigenvalue weighted by atomic mass is 35.5. The molecule has 0 spiro atoms. The standard InChI is InChI=1S/C15H18ClN3O/c1-9-14(16)18-11(3)19-15(9)17-10(2)12-5-7-13(20-4)8-6-12/h5-8,10H,1-4H3,(H,17,18,19). The minimum absolute atomic E-state index is 0.116. The number of halogens is 1. The molecule has 20 heavy (non-hydrogen) atoms. The van der Waals surface area contributed by atoms with Gasteiger partial charge in [-0.1, -0.05) is 23.7 Å². The molecule has 0 saturated heterocycles. The van der Waals surface area contributed by atoms with Gasteiger partial charge in [0, 0.05) is 11.6 Å². The zero-order chi connectivity index (χ0) is 14.7. The average molecular weight is 292 g/mol. The fraction of sp³-hybridized carbons (Fsp3) is 0.333. The van der Waals surface area contributed by atoms with E-state index in [0.29, 0.717) is 11.0 Å². The SMILES string of the molecule is COc1ccc(C(C)Nc2nc(C)nc(Cl)c2C)cc1. The topological polar surface area (TPSA) is 47.0 Å². The van der Waals surface area contributed by atoms with Crippen molar-refractivity contribution in [3.8, 4) is 5.75 Å². The lowest BCUT2D eigenvalue weighted by Crippen LogP contribution is -2.10. The first-order valence-corrected chi connectivity index (χ1v) is 6.80. The Bertz CT molecular complexity index is 599. The molecule has 1 atom stereocenters. The molecule has 1 heterocycles. The van der Waals surface area contributed by atoms with E-state index in [0.717, 1.165) is 22.7 Å². The smallest absolute Gasteiger partial charge is 0.137 e. The molecule has 0 amide bonds. The van der Waals surface area contributed by atoms with E-state index >= 15 is 0 Å². The van der Waals surface area contributed by atoms with Gasteiger partial charge in [0.05, 0.1) is 7.11 Å². The largest absolute Gasteiger partial charge is 0.497 e. The molecule has 0 fully saturated rings. The fourth-order valence-corrected chi connectivity index (χ4v) is 2.13. The average Bonchev–Trinajstić information content (AvgIpc) is 2.44. The summed E-state index contributed by atoms with van der Waals surface area (Å²) in [5.41, 5.74) is 2.01. The summed E-state index contributed by atoms with van der Waals surface area (Å²) in [6.45, 7) is 5.81. The summed E-state index contributed by atoms with van der Waals surface area (Å²) in [7, 11) is 1.66. The Morgan fingerprint density at radius 3 is 2.40 bits per heavy atom. The summed E-state index contributed by atoms with van der Waals surface area (Å²) in [6.07, 6.45) is 0. The van der Waals surface area contributed by atoms with Crippen LogP contribution in [0.25, 0.3) is 0 Å². The molecule has 1 aromatic carbocycles. The number of methoxy groups -OCH3 is 1. The van der Waals surface area contributed by atoms with E-state index in [2.05, 4.69) is 22.2 Å². The van der Waals surface area contributed by atoms with Gasteiger partial charge in [-0.2, -0.15) is 0 Å². The van der Waals surface area contributed by atoms with E-state index < -0.39 is 0 Å². The van der Waals surface area contributed by atoms with E-state index in [4.69, 9.17) is 16.3 Å². The van der Waals surface area contributed by atoms with Gasteiger partial charge < -0.3 is 10.1 Å². The lowest BCUT2D eigenvalue weighted by atomic mass is 10.1. The maximum atomic E-state index is 6.08. The molecule has 5 heteroatoms. The molecule has 0 radical (unpaired) electrons. The number of anilines is 1. The number of nitrogens with one attached hydrogen (secondary N) is 1. The third-order valence-corrected chi connectivity index (χ3v) is 3.54. The predicted octanol–water partition coefficient (Wildman–Crippen LogP) is 3.93. The molecule has 4 nitrogen and oxygen atoms in total. The molecule has 0 bridgehead atoms. The molecular weight excluding hydrogens is 274 g/mol. The molecule has 0 aliphatic carbocycles. The van der Waals surface area contributed by atoms with Gasteiger partial charge in [-0.25, -0.2) is 9.97 Å².